The molecule has 0 spiro atoms. The molecule has 5 nitrogen and oxygen atoms in total. The molecule has 2 rings (SSSR count). The maximum atomic E-state index is 12.1. The van der Waals surface area contributed by atoms with Gasteiger partial charge in [0, 0.05) is 12.6 Å². The minimum atomic E-state index is -0.0665. The van der Waals surface area contributed by atoms with E-state index >= 15 is 0 Å². The molecule has 1 heterocycles. The van der Waals surface area contributed by atoms with Crippen LogP contribution in [0.5, 0.6) is 11.5 Å². The van der Waals surface area contributed by atoms with Crippen molar-refractivity contribution in [2.45, 2.75) is 52.0 Å². The smallest absolute Gasteiger partial charge is 0.220 e. The summed E-state index contributed by atoms with van der Waals surface area (Å²) in [5.74, 6) is 1.51. The normalized spacial score (nSPS) is 12.3. The molecular weight excluding hydrogens is 340 g/mol. The Morgan fingerprint density at radius 3 is 2.48 bits per heavy atom. The molecule has 0 saturated carbocycles. The van der Waals surface area contributed by atoms with Gasteiger partial charge in [0.1, 0.15) is 18.1 Å². The number of aryl methyl sites for hydroxylation is 1. The monoisotopic (exact) mass is 370 g/mol. The Hall–Kier alpha value is -2.56. The Morgan fingerprint density at radius 2 is 1.85 bits per heavy atom. The lowest BCUT2D eigenvalue weighted by molar-refractivity contribution is -0.121. The zero-order chi connectivity index (χ0) is 19.9. The average molecular weight is 370 g/mol. The highest BCUT2D eigenvalue weighted by Crippen LogP contribution is 2.24. The molecule has 5 heteroatoms. The average Bonchev–Trinajstić information content (AvgIpc) is 2.64. The summed E-state index contributed by atoms with van der Waals surface area (Å²) < 4.78 is 10.9. The van der Waals surface area contributed by atoms with Gasteiger partial charge in [-0.1, -0.05) is 32.9 Å². The number of nitrogens with one attached hydrogen (secondary N) is 1. The van der Waals surface area contributed by atoms with E-state index in [1.807, 2.05) is 25.1 Å². The van der Waals surface area contributed by atoms with Crippen LogP contribution in [0.4, 0.5) is 0 Å². The Kier molecular flexibility index (Phi) is 7.22. The number of methoxy groups -OCH3 is 1. The fraction of sp³-hybridized carbons (Fsp3) is 0.455. The van der Waals surface area contributed by atoms with E-state index in [1.54, 1.807) is 19.5 Å². The van der Waals surface area contributed by atoms with Gasteiger partial charge in [0.25, 0.3) is 0 Å². The number of rotatable bonds is 8. The van der Waals surface area contributed by atoms with Gasteiger partial charge in [-0.05, 0) is 48.1 Å². The van der Waals surface area contributed by atoms with Crippen molar-refractivity contribution in [1.29, 1.82) is 0 Å². The van der Waals surface area contributed by atoms with Crippen molar-refractivity contribution in [2.75, 3.05) is 13.7 Å². The number of aromatic nitrogens is 1. The van der Waals surface area contributed by atoms with Crippen LogP contribution in [0.1, 0.15) is 45.2 Å². The molecule has 1 atom stereocenters. The first-order valence-corrected chi connectivity index (χ1v) is 9.28. The molecular formula is C22H30N2O3. The first-order valence-electron chi connectivity index (χ1n) is 9.28. The summed E-state index contributed by atoms with van der Waals surface area (Å²) in [5, 5.41) is 2.97. The number of nitrogens with zero attached hydrogens (tertiary/aromatic N) is 1. The van der Waals surface area contributed by atoms with E-state index in [0.29, 0.717) is 25.2 Å². The van der Waals surface area contributed by atoms with E-state index in [0.717, 1.165) is 11.3 Å². The van der Waals surface area contributed by atoms with Crippen LogP contribution < -0.4 is 14.8 Å². The summed E-state index contributed by atoms with van der Waals surface area (Å²) in [7, 11) is 1.60. The molecule has 0 aliphatic heterocycles. The molecule has 1 N–H and O–H groups in total. The third kappa shape index (κ3) is 6.93. The van der Waals surface area contributed by atoms with Crippen molar-refractivity contribution in [3.05, 3.63) is 53.9 Å². The van der Waals surface area contributed by atoms with Crippen LogP contribution in [0, 0.1) is 0 Å². The van der Waals surface area contributed by atoms with Crippen molar-refractivity contribution in [3.63, 3.8) is 0 Å². The number of ether oxygens (including phenoxy) is 2. The molecule has 1 unspecified atom stereocenters. The Labute approximate surface area is 162 Å². The van der Waals surface area contributed by atoms with Crippen LogP contribution in [0.3, 0.4) is 0 Å². The summed E-state index contributed by atoms with van der Waals surface area (Å²) in [6.45, 7) is 8.92. The number of hydrogen-bond acceptors (Lipinski definition) is 4. The van der Waals surface area contributed by atoms with Gasteiger partial charge in [0.2, 0.25) is 5.91 Å². The minimum absolute atomic E-state index is 0.00278. The predicted molar refractivity (Wildman–Crippen MR) is 107 cm³/mol. The summed E-state index contributed by atoms with van der Waals surface area (Å²) in [6.07, 6.45) is 4.43. The van der Waals surface area contributed by atoms with Gasteiger partial charge >= 0.3 is 0 Å². The number of benzene rings is 1. The van der Waals surface area contributed by atoms with Gasteiger partial charge in [-0.25, -0.2) is 0 Å². The second-order valence-electron chi connectivity index (χ2n) is 7.79. The zero-order valence-corrected chi connectivity index (χ0v) is 16.9. The van der Waals surface area contributed by atoms with Crippen molar-refractivity contribution < 1.29 is 14.3 Å². The summed E-state index contributed by atoms with van der Waals surface area (Å²) in [5.41, 5.74) is 2.37. The van der Waals surface area contributed by atoms with E-state index in [9.17, 15) is 4.79 Å². The minimum Gasteiger partial charge on any atom is -0.495 e. The van der Waals surface area contributed by atoms with Gasteiger partial charge in [0.15, 0.2) is 0 Å². The Balaban J connectivity index is 1.74. The van der Waals surface area contributed by atoms with Crippen molar-refractivity contribution in [3.8, 4) is 11.5 Å². The summed E-state index contributed by atoms with van der Waals surface area (Å²) in [6, 6.07) is 9.95. The fourth-order valence-corrected chi connectivity index (χ4v) is 2.63. The van der Waals surface area contributed by atoms with Crippen LogP contribution >= 0.6 is 0 Å². The predicted octanol–water partition coefficient (Wildman–Crippen LogP) is 3.90. The van der Waals surface area contributed by atoms with E-state index in [2.05, 4.69) is 43.2 Å². The molecule has 146 valence electrons. The lowest BCUT2D eigenvalue weighted by atomic mass is 9.87. The highest BCUT2D eigenvalue weighted by Gasteiger charge is 2.13. The maximum absolute atomic E-state index is 12.1. The van der Waals surface area contributed by atoms with Crippen LogP contribution in [-0.4, -0.2) is 30.6 Å². The number of carbonyl (C=O) groups excluding carboxylic acids is 1. The molecule has 0 aliphatic carbocycles. The van der Waals surface area contributed by atoms with Crippen LogP contribution in [0.2, 0.25) is 0 Å². The van der Waals surface area contributed by atoms with Crippen molar-refractivity contribution in [2.24, 2.45) is 0 Å². The van der Waals surface area contributed by atoms with E-state index in [-0.39, 0.29) is 17.4 Å². The van der Waals surface area contributed by atoms with Crippen LogP contribution in [0.15, 0.2) is 42.7 Å². The summed E-state index contributed by atoms with van der Waals surface area (Å²) >= 11 is 0. The molecule has 27 heavy (non-hydrogen) atoms. The second-order valence-corrected chi connectivity index (χ2v) is 7.79. The molecule has 1 aromatic heterocycles. The second kappa shape index (κ2) is 9.40. The molecule has 0 aliphatic rings. The third-order valence-corrected chi connectivity index (χ3v) is 4.27. The maximum Gasteiger partial charge on any atom is 0.220 e. The number of pyridine rings is 1. The topological polar surface area (TPSA) is 60.5 Å². The van der Waals surface area contributed by atoms with Gasteiger partial charge in [-0.3, -0.25) is 9.78 Å². The number of carbonyl (C=O) groups is 1. The SMILES string of the molecule is COc1cncc(CCC(=O)NC(C)COc2ccc(C(C)(C)C)cc2)c1. The number of amides is 1. The lowest BCUT2D eigenvalue weighted by Crippen LogP contribution is -2.36. The van der Waals surface area contributed by atoms with Crippen LogP contribution in [-0.2, 0) is 16.6 Å². The van der Waals surface area contributed by atoms with Crippen LogP contribution in [0.25, 0.3) is 0 Å². The molecule has 0 saturated heterocycles. The first kappa shape index (κ1) is 20.7. The standard InChI is InChI=1S/C22H30N2O3/c1-16(15-27-19-9-7-18(8-10-19)22(2,3)4)24-21(25)11-6-17-12-20(26-5)14-23-13-17/h7-10,12-14,16H,6,11,15H2,1-5H3,(H,24,25). The molecule has 0 fully saturated rings. The van der Waals surface area contributed by atoms with Gasteiger partial charge < -0.3 is 14.8 Å². The highest BCUT2D eigenvalue weighted by molar-refractivity contribution is 5.76. The van der Waals surface area contributed by atoms with Gasteiger partial charge in [-0.15, -0.1) is 0 Å². The fourth-order valence-electron chi connectivity index (χ4n) is 2.63. The van der Waals surface area contributed by atoms with E-state index < -0.39 is 0 Å². The summed E-state index contributed by atoms with van der Waals surface area (Å²) in [4.78, 5) is 16.2. The molecule has 2 aromatic rings. The molecule has 0 bridgehead atoms. The van der Waals surface area contributed by atoms with Crippen molar-refractivity contribution in [1.82, 2.24) is 10.3 Å². The third-order valence-electron chi connectivity index (χ3n) is 4.27. The van der Waals surface area contributed by atoms with Gasteiger partial charge in [0.05, 0.1) is 19.3 Å². The molecule has 1 aromatic carbocycles. The van der Waals surface area contributed by atoms with Gasteiger partial charge in [-0.2, -0.15) is 0 Å². The molecule has 0 radical (unpaired) electrons. The quantitative estimate of drug-likeness (QED) is 0.765. The zero-order valence-electron chi connectivity index (χ0n) is 16.9. The molecule has 1 amide bonds. The van der Waals surface area contributed by atoms with E-state index in [1.165, 1.54) is 5.56 Å². The first-order chi connectivity index (χ1) is 12.8. The Morgan fingerprint density at radius 1 is 1.15 bits per heavy atom. The van der Waals surface area contributed by atoms with Crippen molar-refractivity contribution >= 4 is 5.91 Å². The van der Waals surface area contributed by atoms with E-state index in [4.69, 9.17) is 9.47 Å². The lowest BCUT2D eigenvalue weighted by Gasteiger charge is -2.20. The highest BCUT2D eigenvalue weighted by atomic mass is 16.5. The largest absolute Gasteiger partial charge is 0.495 e. The number of hydrogen-bond donors (Lipinski definition) is 1. The Bertz CT molecular complexity index is 736.